The Morgan fingerprint density at radius 3 is 2.76 bits per heavy atom. The Kier molecular flexibility index (Phi) is 7.98. The molecule has 0 spiro atoms. The fourth-order valence-corrected chi connectivity index (χ4v) is 3.10. The number of hydrogen-bond acceptors (Lipinski definition) is 4. The Hall–Kier alpha value is -1.82. The molecule has 1 saturated heterocycles. The zero-order valence-corrected chi connectivity index (χ0v) is 16.2. The van der Waals surface area contributed by atoms with E-state index in [0.29, 0.717) is 6.54 Å². The van der Waals surface area contributed by atoms with E-state index in [4.69, 9.17) is 9.73 Å². The highest BCUT2D eigenvalue weighted by Crippen LogP contribution is 2.19. The summed E-state index contributed by atoms with van der Waals surface area (Å²) in [6.07, 6.45) is 5.39. The smallest absolute Gasteiger partial charge is 0.193 e. The SMILES string of the molecule is CCNC(=NCc1cccnc1N(C)C)N(C)CCC1CCOCC1. The summed E-state index contributed by atoms with van der Waals surface area (Å²) in [6.45, 7) is 6.45. The summed E-state index contributed by atoms with van der Waals surface area (Å²) in [5.74, 6) is 2.72. The second-order valence-corrected chi connectivity index (χ2v) is 6.82. The lowest BCUT2D eigenvalue weighted by Gasteiger charge is -2.27. The highest BCUT2D eigenvalue weighted by Gasteiger charge is 2.15. The molecule has 2 heterocycles. The first-order chi connectivity index (χ1) is 12.1. The molecule has 0 aromatic carbocycles. The molecule has 0 radical (unpaired) electrons. The highest BCUT2D eigenvalue weighted by atomic mass is 16.5. The molecule has 1 fully saturated rings. The summed E-state index contributed by atoms with van der Waals surface area (Å²) in [5.41, 5.74) is 1.14. The third kappa shape index (κ3) is 6.20. The molecule has 0 amide bonds. The van der Waals surface area contributed by atoms with Crippen molar-refractivity contribution in [1.82, 2.24) is 15.2 Å². The maximum Gasteiger partial charge on any atom is 0.193 e. The van der Waals surface area contributed by atoms with Crippen LogP contribution in [0.4, 0.5) is 5.82 Å². The van der Waals surface area contributed by atoms with Crippen LogP contribution in [-0.2, 0) is 11.3 Å². The summed E-state index contributed by atoms with van der Waals surface area (Å²) < 4.78 is 5.45. The summed E-state index contributed by atoms with van der Waals surface area (Å²) in [5, 5.41) is 3.41. The van der Waals surface area contributed by atoms with Gasteiger partial charge >= 0.3 is 0 Å². The Balaban J connectivity index is 1.97. The van der Waals surface area contributed by atoms with Gasteiger partial charge in [0.05, 0.1) is 6.54 Å². The molecular weight excluding hydrogens is 314 g/mol. The first kappa shape index (κ1) is 19.5. The monoisotopic (exact) mass is 347 g/mol. The molecule has 0 saturated carbocycles. The topological polar surface area (TPSA) is 53.0 Å². The van der Waals surface area contributed by atoms with E-state index >= 15 is 0 Å². The van der Waals surface area contributed by atoms with Gasteiger partial charge in [-0.1, -0.05) is 6.07 Å². The molecule has 0 unspecified atom stereocenters. The lowest BCUT2D eigenvalue weighted by atomic mass is 9.96. The highest BCUT2D eigenvalue weighted by molar-refractivity contribution is 5.79. The molecule has 0 bridgehead atoms. The number of nitrogens with one attached hydrogen (secondary N) is 1. The van der Waals surface area contributed by atoms with Crippen LogP contribution in [0, 0.1) is 5.92 Å². The Morgan fingerprint density at radius 2 is 2.08 bits per heavy atom. The summed E-state index contributed by atoms with van der Waals surface area (Å²) >= 11 is 0. The van der Waals surface area contributed by atoms with Crippen LogP contribution in [0.2, 0.25) is 0 Å². The van der Waals surface area contributed by atoms with Crippen LogP contribution in [0.25, 0.3) is 0 Å². The number of pyridine rings is 1. The fraction of sp³-hybridized carbons (Fsp3) is 0.684. The van der Waals surface area contributed by atoms with E-state index in [2.05, 4.69) is 35.2 Å². The minimum Gasteiger partial charge on any atom is -0.381 e. The van der Waals surface area contributed by atoms with Gasteiger partial charge in [0.25, 0.3) is 0 Å². The van der Waals surface area contributed by atoms with Crippen LogP contribution in [0.5, 0.6) is 0 Å². The number of aliphatic imine (C=N–C) groups is 1. The van der Waals surface area contributed by atoms with Crippen molar-refractivity contribution in [3.05, 3.63) is 23.9 Å². The van der Waals surface area contributed by atoms with Crippen LogP contribution in [0.3, 0.4) is 0 Å². The number of anilines is 1. The van der Waals surface area contributed by atoms with Gasteiger partial charge in [-0.25, -0.2) is 9.98 Å². The molecule has 1 aromatic rings. The Morgan fingerprint density at radius 1 is 1.32 bits per heavy atom. The summed E-state index contributed by atoms with van der Waals surface area (Å²) in [6, 6.07) is 4.07. The zero-order valence-electron chi connectivity index (χ0n) is 16.2. The van der Waals surface area contributed by atoms with E-state index in [0.717, 1.165) is 49.6 Å². The third-order valence-corrected chi connectivity index (χ3v) is 4.60. The minimum absolute atomic E-state index is 0.630. The maximum atomic E-state index is 5.45. The van der Waals surface area contributed by atoms with Crippen LogP contribution >= 0.6 is 0 Å². The maximum absolute atomic E-state index is 5.45. The molecule has 140 valence electrons. The first-order valence-electron chi connectivity index (χ1n) is 9.30. The lowest BCUT2D eigenvalue weighted by molar-refractivity contribution is 0.0625. The van der Waals surface area contributed by atoms with Crippen molar-refractivity contribution in [2.24, 2.45) is 10.9 Å². The van der Waals surface area contributed by atoms with E-state index in [1.165, 1.54) is 19.3 Å². The fourth-order valence-electron chi connectivity index (χ4n) is 3.10. The van der Waals surface area contributed by atoms with Gasteiger partial charge in [-0.15, -0.1) is 0 Å². The predicted molar refractivity (Wildman–Crippen MR) is 104 cm³/mol. The number of aromatic nitrogens is 1. The van der Waals surface area contributed by atoms with Crippen molar-refractivity contribution in [2.75, 3.05) is 52.3 Å². The quantitative estimate of drug-likeness (QED) is 0.606. The van der Waals surface area contributed by atoms with E-state index < -0.39 is 0 Å². The Bertz CT molecular complexity index is 540. The zero-order chi connectivity index (χ0) is 18.1. The third-order valence-electron chi connectivity index (χ3n) is 4.60. The predicted octanol–water partition coefficient (Wildman–Crippen LogP) is 2.36. The molecule has 1 aliphatic rings. The number of rotatable bonds is 7. The second-order valence-electron chi connectivity index (χ2n) is 6.82. The number of hydrogen-bond donors (Lipinski definition) is 1. The largest absolute Gasteiger partial charge is 0.381 e. The van der Waals surface area contributed by atoms with Crippen molar-refractivity contribution in [3.8, 4) is 0 Å². The van der Waals surface area contributed by atoms with E-state index in [9.17, 15) is 0 Å². The molecular formula is C19H33N5O. The van der Waals surface area contributed by atoms with Crippen LogP contribution in [0.1, 0.15) is 31.7 Å². The second kappa shape index (κ2) is 10.2. The molecule has 6 heteroatoms. The van der Waals surface area contributed by atoms with E-state index in [-0.39, 0.29) is 0 Å². The molecule has 1 N–H and O–H groups in total. The normalized spacial score (nSPS) is 15.9. The average molecular weight is 348 g/mol. The van der Waals surface area contributed by atoms with Gasteiger partial charge in [-0.05, 0) is 38.2 Å². The van der Waals surface area contributed by atoms with E-state index in [1.807, 2.05) is 31.3 Å². The number of guanidine groups is 1. The number of nitrogens with zero attached hydrogens (tertiary/aromatic N) is 4. The minimum atomic E-state index is 0.630. The van der Waals surface area contributed by atoms with Gasteiger partial charge in [0.2, 0.25) is 0 Å². The molecule has 2 rings (SSSR count). The molecule has 1 aromatic heterocycles. The van der Waals surface area contributed by atoms with Gasteiger partial charge in [0.1, 0.15) is 5.82 Å². The Labute approximate surface area is 152 Å². The van der Waals surface area contributed by atoms with Crippen molar-refractivity contribution in [1.29, 1.82) is 0 Å². The van der Waals surface area contributed by atoms with Crippen molar-refractivity contribution in [3.63, 3.8) is 0 Å². The van der Waals surface area contributed by atoms with Gasteiger partial charge < -0.3 is 19.9 Å². The summed E-state index contributed by atoms with van der Waals surface area (Å²) in [7, 11) is 6.15. The van der Waals surface area contributed by atoms with Crippen molar-refractivity contribution >= 4 is 11.8 Å². The van der Waals surface area contributed by atoms with Gasteiger partial charge in [-0.2, -0.15) is 0 Å². The standard InChI is InChI=1S/C19H33N5O/c1-5-20-19(24(4)12-8-16-9-13-25-14-10-16)22-15-17-7-6-11-21-18(17)23(2)3/h6-7,11,16H,5,8-10,12-15H2,1-4H3,(H,20,22). The average Bonchev–Trinajstić information content (AvgIpc) is 2.64. The van der Waals surface area contributed by atoms with E-state index in [1.54, 1.807) is 0 Å². The number of ether oxygens (including phenoxy) is 1. The van der Waals surface area contributed by atoms with Crippen LogP contribution < -0.4 is 10.2 Å². The van der Waals surface area contributed by atoms with Gasteiger partial charge in [-0.3, -0.25) is 0 Å². The van der Waals surface area contributed by atoms with Crippen LogP contribution in [-0.4, -0.2) is 63.3 Å². The molecule has 0 aliphatic carbocycles. The molecule has 6 nitrogen and oxygen atoms in total. The van der Waals surface area contributed by atoms with Gasteiger partial charge in [0.15, 0.2) is 5.96 Å². The van der Waals surface area contributed by atoms with Crippen molar-refractivity contribution in [2.45, 2.75) is 32.7 Å². The molecule has 0 atom stereocenters. The lowest BCUT2D eigenvalue weighted by Crippen LogP contribution is -2.40. The van der Waals surface area contributed by atoms with Crippen LogP contribution in [0.15, 0.2) is 23.3 Å². The summed E-state index contributed by atoms with van der Waals surface area (Å²) in [4.78, 5) is 13.6. The molecule has 25 heavy (non-hydrogen) atoms. The molecule has 1 aliphatic heterocycles. The van der Waals surface area contributed by atoms with Crippen molar-refractivity contribution < 1.29 is 4.74 Å². The first-order valence-corrected chi connectivity index (χ1v) is 9.30. The van der Waals surface area contributed by atoms with Gasteiger partial charge in [0, 0.05) is 59.2 Å².